The van der Waals surface area contributed by atoms with E-state index in [9.17, 15) is 9.90 Å². The van der Waals surface area contributed by atoms with Crippen LogP contribution in [0.3, 0.4) is 0 Å². The number of aliphatic carboxylic acids is 1. The molecule has 2 aromatic rings. The minimum Gasteiger partial charge on any atom is -0.481 e. The van der Waals surface area contributed by atoms with Crippen molar-refractivity contribution in [1.82, 2.24) is 14.8 Å². The summed E-state index contributed by atoms with van der Waals surface area (Å²) in [7, 11) is 0. The van der Waals surface area contributed by atoms with Gasteiger partial charge in [-0.3, -0.25) is 9.48 Å². The van der Waals surface area contributed by atoms with E-state index in [-0.39, 0.29) is 0 Å². The Hall–Kier alpha value is -1.69. The zero-order valence-electron chi connectivity index (χ0n) is 11.9. The molecule has 0 saturated heterocycles. The monoisotopic (exact) mass is 351 g/mol. The van der Waals surface area contributed by atoms with Gasteiger partial charge < -0.3 is 5.11 Å². The first-order chi connectivity index (χ1) is 10.1. The number of aryl methyl sites for hydroxylation is 1. The lowest BCUT2D eigenvalue weighted by Crippen LogP contribution is -2.21. The maximum Gasteiger partial charge on any atom is 0.307 e. The maximum atomic E-state index is 11.5. The SMILES string of the molecule is CCCn1ncnc1CC(Cc1cccc(Br)c1)C(=O)O. The highest BCUT2D eigenvalue weighted by Crippen LogP contribution is 2.18. The predicted octanol–water partition coefficient (Wildman–Crippen LogP) is 2.94. The van der Waals surface area contributed by atoms with Crippen LogP contribution in [0.25, 0.3) is 0 Å². The lowest BCUT2D eigenvalue weighted by Gasteiger charge is -2.13. The molecule has 112 valence electrons. The van der Waals surface area contributed by atoms with Crippen molar-refractivity contribution >= 4 is 21.9 Å². The highest BCUT2D eigenvalue weighted by atomic mass is 79.9. The minimum absolute atomic E-state index is 0.391. The lowest BCUT2D eigenvalue weighted by molar-refractivity contribution is -0.141. The molecule has 0 saturated carbocycles. The molecule has 1 heterocycles. The Morgan fingerprint density at radius 2 is 2.24 bits per heavy atom. The van der Waals surface area contributed by atoms with Crippen LogP contribution in [0.5, 0.6) is 0 Å². The number of hydrogen-bond acceptors (Lipinski definition) is 3. The summed E-state index contributed by atoms with van der Waals surface area (Å²) in [6.07, 6.45) is 3.30. The van der Waals surface area contributed by atoms with E-state index in [0.29, 0.717) is 12.8 Å². The molecule has 1 aromatic carbocycles. The molecule has 5 nitrogen and oxygen atoms in total. The topological polar surface area (TPSA) is 68.0 Å². The second kappa shape index (κ2) is 7.36. The van der Waals surface area contributed by atoms with Gasteiger partial charge in [-0.15, -0.1) is 0 Å². The molecule has 6 heteroatoms. The number of halogens is 1. The minimum atomic E-state index is -0.805. The van der Waals surface area contributed by atoms with Crippen molar-refractivity contribution in [3.63, 3.8) is 0 Å². The fraction of sp³-hybridized carbons (Fsp3) is 0.400. The van der Waals surface area contributed by atoms with E-state index in [2.05, 4.69) is 32.9 Å². The highest BCUT2D eigenvalue weighted by molar-refractivity contribution is 9.10. The standard InChI is InChI=1S/C15H18BrN3O2/c1-2-6-19-14(17-10-18-19)9-12(15(20)21)7-11-4-3-5-13(16)8-11/h3-5,8,10,12H,2,6-7,9H2,1H3,(H,20,21). The molecule has 0 radical (unpaired) electrons. The quantitative estimate of drug-likeness (QED) is 0.832. The van der Waals surface area contributed by atoms with Crippen molar-refractivity contribution in [2.45, 2.75) is 32.7 Å². The van der Waals surface area contributed by atoms with E-state index < -0.39 is 11.9 Å². The van der Waals surface area contributed by atoms with Crippen molar-refractivity contribution in [1.29, 1.82) is 0 Å². The zero-order valence-corrected chi connectivity index (χ0v) is 13.5. The van der Waals surface area contributed by atoms with Crippen LogP contribution in [0, 0.1) is 5.92 Å². The molecule has 0 spiro atoms. The average Bonchev–Trinajstić information content (AvgIpc) is 2.86. The summed E-state index contributed by atoms with van der Waals surface area (Å²) >= 11 is 3.41. The van der Waals surface area contributed by atoms with Crippen molar-refractivity contribution in [2.24, 2.45) is 5.92 Å². The number of hydrogen-bond donors (Lipinski definition) is 1. The van der Waals surface area contributed by atoms with Crippen LogP contribution in [0.2, 0.25) is 0 Å². The van der Waals surface area contributed by atoms with E-state index in [1.165, 1.54) is 6.33 Å². The van der Waals surface area contributed by atoms with Crippen LogP contribution in [-0.4, -0.2) is 25.8 Å². The molecule has 1 unspecified atom stereocenters. The van der Waals surface area contributed by atoms with Crippen LogP contribution in [0.4, 0.5) is 0 Å². The van der Waals surface area contributed by atoms with Crippen LogP contribution < -0.4 is 0 Å². The molecule has 0 aliphatic rings. The van der Waals surface area contributed by atoms with Gasteiger partial charge in [0.1, 0.15) is 12.2 Å². The Morgan fingerprint density at radius 3 is 2.90 bits per heavy atom. The summed E-state index contributed by atoms with van der Waals surface area (Å²) in [4.78, 5) is 15.7. The molecular weight excluding hydrogens is 334 g/mol. The second-order valence-electron chi connectivity index (χ2n) is 4.97. The Balaban J connectivity index is 2.12. The van der Waals surface area contributed by atoms with Gasteiger partial charge in [-0.25, -0.2) is 4.98 Å². The maximum absolute atomic E-state index is 11.5. The highest BCUT2D eigenvalue weighted by Gasteiger charge is 2.21. The summed E-state index contributed by atoms with van der Waals surface area (Å²) in [6.45, 7) is 2.82. The van der Waals surface area contributed by atoms with Gasteiger partial charge in [0.2, 0.25) is 0 Å². The fourth-order valence-corrected chi connectivity index (χ4v) is 2.71. The van der Waals surface area contributed by atoms with Gasteiger partial charge >= 0.3 is 5.97 Å². The first-order valence-electron chi connectivity index (χ1n) is 6.94. The lowest BCUT2D eigenvalue weighted by atomic mass is 9.96. The van der Waals surface area contributed by atoms with Crippen LogP contribution in [-0.2, 0) is 24.2 Å². The van der Waals surface area contributed by atoms with Crippen molar-refractivity contribution in [3.05, 3.63) is 46.5 Å². The van der Waals surface area contributed by atoms with Crippen LogP contribution in [0.15, 0.2) is 35.1 Å². The normalized spacial score (nSPS) is 12.3. The van der Waals surface area contributed by atoms with Crippen LogP contribution >= 0.6 is 15.9 Å². The van der Waals surface area contributed by atoms with Gasteiger partial charge in [0.05, 0.1) is 5.92 Å². The molecule has 1 atom stereocenters. The van der Waals surface area contributed by atoms with Gasteiger partial charge in [0.25, 0.3) is 0 Å². The largest absolute Gasteiger partial charge is 0.481 e. The van der Waals surface area contributed by atoms with Crippen molar-refractivity contribution in [3.8, 4) is 0 Å². The van der Waals surface area contributed by atoms with Crippen LogP contribution in [0.1, 0.15) is 24.7 Å². The molecule has 0 amide bonds. The molecule has 1 aromatic heterocycles. The van der Waals surface area contributed by atoms with Gasteiger partial charge in [-0.1, -0.05) is 35.0 Å². The molecule has 2 rings (SSSR count). The van der Waals surface area contributed by atoms with Gasteiger partial charge in [0.15, 0.2) is 0 Å². The van der Waals surface area contributed by atoms with E-state index in [4.69, 9.17) is 0 Å². The first kappa shape index (κ1) is 15.7. The first-order valence-corrected chi connectivity index (χ1v) is 7.73. The molecule has 0 bridgehead atoms. The summed E-state index contributed by atoms with van der Waals surface area (Å²) in [5.41, 5.74) is 0.998. The number of nitrogens with zero attached hydrogens (tertiary/aromatic N) is 3. The number of carbonyl (C=O) groups is 1. The van der Waals surface area contributed by atoms with Gasteiger partial charge in [-0.2, -0.15) is 5.10 Å². The molecular formula is C15H18BrN3O2. The van der Waals surface area contributed by atoms with Gasteiger partial charge in [0, 0.05) is 17.4 Å². The number of benzene rings is 1. The molecule has 0 fully saturated rings. The number of carboxylic acid groups (broad SMARTS) is 1. The Bertz CT molecular complexity index is 612. The second-order valence-corrected chi connectivity index (χ2v) is 5.89. The summed E-state index contributed by atoms with van der Waals surface area (Å²) in [6, 6.07) is 7.74. The van der Waals surface area contributed by atoms with E-state index in [1.54, 1.807) is 4.68 Å². The smallest absolute Gasteiger partial charge is 0.307 e. The summed E-state index contributed by atoms with van der Waals surface area (Å²) in [5.74, 6) is -0.570. The molecule has 0 aliphatic carbocycles. The van der Waals surface area contributed by atoms with E-state index in [1.807, 2.05) is 24.3 Å². The number of aromatic nitrogens is 3. The van der Waals surface area contributed by atoms with E-state index >= 15 is 0 Å². The number of rotatable bonds is 7. The molecule has 0 aliphatic heterocycles. The third kappa shape index (κ3) is 4.39. The molecule has 1 N–H and O–H groups in total. The van der Waals surface area contributed by atoms with Crippen molar-refractivity contribution < 1.29 is 9.90 Å². The summed E-state index contributed by atoms with van der Waals surface area (Å²) in [5, 5.41) is 13.6. The van der Waals surface area contributed by atoms with Crippen molar-refractivity contribution in [2.75, 3.05) is 0 Å². The zero-order chi connectivity index (χ0) is 15.2. The Kier molecular flexibility index (Phi) is 5.50. The fourth-order valence-electron chi connectivity index (χ4n) is 2.26. The third-order valence-electron chi connectivity index (χ3n) is 3.28. The van der Waals surface area contributed by atoms with E-state index in [0.717, 1.165) is 28.8 Å². The van der Waals surface area contributed by atoms with Gasteiger partial charge in [-0.05, 0) is 30.5 Å². The Labute approximate surface area is 132 Å². The Morgan fingerprint density at radius 1 is 1.43 bits per heavy atom. The average molecular weight is 352 g/mol. The molecule has 21 heavy (non-hydrogen) atoms. The number of carboxylic acids is 1. The predicted molar refractivity (Wildman–Crippen MR) is 83.0 cm³/mol. The summed E-state index contributed by atoms with van der Waals surface area (Å²) < 4.78 is 2.75. The third-order valence-corrected chi connectivity index (χ3v) is 3.77.